The number of rotatable bonds is 7. The first-order valence-corrected chi connectivity index (χ1v) is 9.16. The molecule has 0 radical (unpaired) electrons. The predicted octanol–water partition coefficient (Wildman–Crippen LogP) is 4.23. The molecule has 0 spiro atoms. The van der Waals surface area contributed by atoms with Gasteiger partial charge in [0.15, 0.2) is 17.6 Å². The predicted molar refractivity (Wildman–Crippen MR) is 107 cm³/mol. The highest BCUT2D eigenvalue weighted by molar-refractivity contribution is 5.80. The molecule has 3 rings (SSSR count). The van der Waals surface area contributed by atoms with Crippen molar-refractivity contribution in [3.63, 3.8) is 0 Å². The van der Waals surface area contributed by atoms with Crippen LogP contribution in [0.4, 0.5) is 0 Å². The van der Waals surface area contributed by atoms with Crippen LogP contribution in [0.2, 0.25) is 0 Å². The lowest BCUT2D eigenvalue weighted by atomic mass is 10.2. The number of carbonyl (C=O) groups excluding carboxylic acids is 1. The van der Waals surface area contributed by atoms with E-state index in [1.807, 2.05) is 0 Å². The number of esters is 1. The second kappa shape index (κ2) is 8.68. The second-order valence-corrected chi connectivity index (χ2v) is 6.24. The number of para-hydroxylation sites is 2. The minimum Gasteiger partial charge on any atom is -0.493 e. The van der Waals surface area contributed by atoms with E-state index in [0.29, 0.717) is 34.0 Å². The van der Waals surface area contributed by atoms with Crippen molar-refractivity contribution in [3.05, 3.63) is 58.4 Å². The summed E-state index contributed by atoms with van der Waals surface area (Å²) in [5.74, 6) is 1.22. The van der Waals surface area contributed by atoms with Gasteiger partial charge >= 0.3 is 5.97 Å². The fourth-order valence-electron chi connectivity index (χ4n) is 2.78. The van der Waals surface area contributed by atoms with Crippen molar-refractivity contribution in [3.8, 4) is 23.0 Å². The van der Waals surface area contributed by atoms with Gasteiger partial charge < -0.3 is 23.4 Å². The van der Waals surface area contributed by atoms with E-state index in [4.69, 9.17) is 23.4 Å². The first kappa shape index (κ1) is 20.3. The summed E-state index contributed by atoms with van der Waals surface area (Å²) in [7, 11) is 1.52. The van der Waals surface area contributed by atoms with E-state index in [1.165, 1.54) is 7.11 Å². The van der Waals surface area contributed by atoms with E-state index in [0.717, 1.165) is 0 Å². The molecule has 0 fully saturated rings. The minimum atomic E-state index is -0.784. The number of aryl methyl sites for hydroxylation is 1. The normalized spacial score (nSPS) is 11.7. The number of methoxy groups -OCH3 is 1. The highest BCUT2D eigenvalue weighted by Gasteiger charge is 2.19. The van der Waals surface area contributed by atoms with Crippen LogP contribution in [0.15, 0.2) is 51.7 Å². The van der Waals surface area contributed by atoms with Crippen LogP contribution in [0.5, 0.6) is 23.0 Å². The van der Waals surface area contributed by atoms with Gasteiger partial charge in [0.25, 0.3) is 0 Å². The molecule has 0 saturated heterocycles. The van der Waals surface area contributed by atoms with Gasteiger partial charge in [-0.05, 0) is 45.0 Å². The molecule has 152 valence electrons. The van der Waals surface area contributed by atoms with Crippen LogP contribution >= 0.6 is 0 Å². The molecule has 0 aliphatic heterocycles. The molecular weight excluding hydrogens is 376 g/mol. The topological polar surface area (TPSA) is 84.2 Å². The van der Waals surface area contributed by atoms with Gasteiger partial charge in [-0.25, -0.2) is 4.79 Å². The van der Waals surface area contributed by atoms with Crippen molar-refractivity contribution >= 4 is 16.9 Å². The third-order valence-electron chi connectivity index (χ3n) is 4.20. The number of benzene rings is 2. The summed E-state index contributed by atoms with van der Waals surface area (Å²) in [6.07, 6.45) is -0.784. The Kier molecular flexibility index (Phi) is 6.07. The molecule has 29 heavy (non-hydrogen) atoms. The largest absolute Gasteiger partial charge is 0.493 e. The van der Waals surface area contributed by atoms with E-state index in [-0.39, 0.29) is 17.8 Å². The zero-order chi connectivity index (χ0) is 21.0. The van der Waals surface area contributed by atoms with Gasteiger partial charge in [-0.15, -0.1) is 0 Å². The number of ether oxygens (including phenoxy) is 4. The van der Waals surface area contributed by atoms with Crippen molar-refractivity contribution in [2.45, 2.75) is 26.9 Å². The Bertz CT molecular complexity index is 1080. The maximum absolute atomic E-state index is 12.9. The Morgan fingerprint density at radius 1 is 1.14 bits per heavy atom. The van der Waals surface area contributed by atoms with Gasteiger partial charge in [-0.2, -0.15) is 0 Å². The highest BCUT2D eigenvalue weighted by atomic mass is 16.6. The molecule has 7 nitrogen and oxygen atoms in total. The first-order chi connectivity index (χ1) is 13.9. The van der Waals surface area contributed by atoms with E-state index in [1.54, 1.807) is 63.2 Å². The van der Waals surface area contributed by atoms with Crippen LogP contribution < -0.4 is 19.6 Å². The Hall–Kier alpha value is -3.48. The molecule has 0 bridgehead atoms. The van der Waals surface area contributed by atoms with E-state index in [9.17, 15) is 9.59 Å². The Morgan fingerprint density at radius 2 is 1.86 bits per heavy atom. The van der Waals surface area contributed by atoms with Crippen molar-refractivity contribution in [1.29, 1.82) is 0 Å². The van der Waals surface area contributed by atoms with Crippen molar-refractivity contribution in [2.75, 3.05) is 13.7 Å². The minimum absolute atomic E-state index is 0.0792. The Labute approximate surface area is 167 Å². The fraction of sp³-hybridized carbons (Fsp3) is 0.273. The summed E-state index contributed by atoms with van der Waals surface area (Å²) in [6, 6.07) is 11.8. The van der Waals surface area contributed by atoms with Gasteiger partial charge in [0.05, 0.1) is 19.1 Å². The lowest BCUT2D eigenvalue weighted by Gasteiger charge is -2.14. The molecule has 0 unspecified atom stereocenters. The second-order valence-electron chi connectivity index (χ2n) is 6.24. The number of hydrogen-bond donors (Lipinski definition) is 0. The molecule has 0 aliphatic carbocycles. The average Bonchev–Trinajstić information content (AvgIpc) is 2.71. The van der Waals surface area contributed by atoms with Crippen molar-refractivity contribution < 1.29 is 28.2 Å². The number of fused-ring (bicyclic) bond motifs is 1. The van der Waals surface area contributed by atoms with E-state index in [2.05, 4.69) is 0 Å². The molecular formula is C22H22O7. The zero-order valence-electron chi connectivity index (χ0n) is 16.7. The maximum Gasteiger partial charge on any atom is 0.347 e. The average molecular weight is 398 g/mol. The van der Waals surface area contributed by atoms with E-state index >= 15 is 0 Å². The molecule has 1 aromatic heterocycles. The zero-order valence-corrected chi connectivity index (χ0v) is 16.7. The Morgan fingerprint density at radius 3 is 2.55 bits per heavy atom. The van der Waals surface area contributed by atoms with Crippen LogP contribution in [0, 0.1) is 6.92 Å². The first-order valence-electron chi connectivity index (χ1n) is 9.16. The van der Waals surface area contributed by atoms with Gasteiger partial charge in [0.1, 0.15) is 17.1 Å². The van der Waals surface area contributed by atoms with Gasteiger partial charge in [0.2, 0.25) is 11.2 Å². The molecule has 0 aliphatic rings. The smallest absolute Gasteiger partial charge is 0.347 e. The van der Waals surface area contributed by atoms with Crippen LogP contribution in [-0.4, -0.2) is 25.8 Å². The van der Waals surface area contributed by atoms with Crippen LogP contribution in [-0.2, 0) is 9.53 Å². The molecule has 0 N–H and O–H groups in total. The molecule has 2 aromatic carbocycles. The summed E-state index contributed by atoms with van der Waals surface area (Å²) in [6.45, 7) is 5.23. The van der Waals surface area contributed by atoms with Gasteiger partial charge in [-0.3, -0.25) is 4.79 Å². The Balaban J connectivity index is 1.94. The van der Waals surface area contributed by atoms with Crippen LogP contribution in [0.1, 0.15) is 19.6 Å². The third kappa shape index (κ3) is 4.34. The van der Waals surface area contributed by atoms with Crippen LogP contribution in [0.3, 0.4) is 0 Å². The third-order valence-corrected chi connectivity index (χ3v) is 4.20. The van der Waals surface area contributed by atoms with Crippen molar-refractivity contribution in [2.24, 2.45) is 0 Å². The number of carbonyl (C=O) groups is 1. The van der Waals surface area contributed by atoms with Crippen LogP contribution in [0.25, 0.3) is 11.0 Å². The summed E-state index contributed by atoms with van der Waals surface area (Å²) >= 11 is 0. The SMILES string of the molecule is CCOC(=O)[C@@H](C)Oc1ccc2c(=O)c(Oc3ccccc3OC)c(C)oc2c1. The fourth-order valence-corrected chi connectivity index (χ4v) is 2.78. The van der Waals surface area contributed by atoms with Gasteiger partial charge in [-0.1, -0.05) is 12.1 Å². The summed E-state index contributed by atoms with van der Waals surface area (Å²) < 4.78 is 27.4. The maximum atomic E-state index is 12.9. The quantitative estimate of drug-likeness (QED) is 0.551. The molecule has 0 saturated carbocycles. The van der Waals surface area contributed by atoms with Crippen molar-refractivity contribution in [1.82, 2.24) is 0 Å². The molecule has 7 heteroatoms. The van der Waals surface area contributed by atoms with E-state index < -0.39 is 12.1 Å². The molecule has 3 aromatic rings. The lowest BCUT2D eigenvalue weighted by molar-refractivity contribution is -0.150. The molecule has 1 atom stereocenters. The monoisotopic (exact) mass is 398 g/mol. The highest BCUT2D eigenvalue weighted by Crippen LogP contribution is 2.32. The number of hydrogen-bond acceptors (Lipinski definition) is 7. The standard InChI is InChI=1S/C22H22O7/c1-5-26-22(24)14(3)27-15-10-11-16-19(12-15)28-13(2)21(20(16)23)29-18-9-7-6-8-17(18)25-4/h6-12,14H,5H2,1-4H3/t14-/m1/s1. The molecule has 0 amide bonds. The lowest BCUT2D eigenvalue weighted by Crippen LogP contribution is -2.26. The van der Waals surface area contributed by atoms with Gasteiger partial charge in [0, 0.05) is 6.07 Å². The summed E-state index contributed by atoms with van der Waals surface area (Å²) in [5, 5.41) is 0.330. The molecule has 1 heterocycles. The summed E-state index contributed by atoms with van der Waals surface area (Å²) in [5.41, 5.74) is 0.00748. The summed E-state index contributed by atoms with van der Waals surface area (Å²) in [4.78, 5) is 24.7.